The van der Waals surface area contributed by atoms with Gasteiger partial charge in [0.25, 0.3) is 0 Å². The Kier molecular flexibility index (Phi) is 4.24. The van der Waals surface area contributed by atoms with Crippen molar-refractivity contribution in [3.8, 4) is 0 Å². The first-order valence-electron chi connectivity index (χ1n) is 7.38. The Hall–Kier alpha value is -1.02. The fourth-order valence-corrected chi connectivity index (χ4v) is 4.63. The first kappa shape index (κ1) is 15.9. The number of piperidine rings is 1. The number of hydrogen-bond donors (Lipinski definition) is 0. The molecule has 1 spiro atoms. The van der Waals surface area contributed by atoms with Crippen molar-refractivity contribution in [2.24, 2.45) is 0 Å². The molecule has 0 amide bonds. The highest BCUT2D eigenvalue weighted by molar-refractivity contribution is 7.89. The van der Waals surface area contributed by atoms with E-state index in [0.29, 0.717) is 32.5 Å². The van der Waals surface area contributed by atoms with Crippen LogP contribution in [0, 0.1) is 5.82 Å². The van der Waals surface area contributed by atoms with E-state index in [1.807, 2.05) is 0 Å². The molecule has 0 unspecified atom stereocenters. The van der Waals surface area contributed by atoms with E-state index in [1.54, 1.807) is 7.11 Å². The summed E-state index contributed by atoms with van der Waals surface area (Å²) in [6.45, 7) is 1.40. The molecule has 2 aliphatic rings. The summed E-state index contributed by atoms with van der Waals surface area (Å²) in [5, 5.41) is 0. The van der Waals surface area contributed by atoms with Crippen LogP contribution in [-0.4, -0.2) is 51.2 Å². The van der Waals surface area contributed by atoms with Gasteiger partial charge in [-0.25, -0.2) is 12.8 Å². The number of nitrogens with zero attached hydrogens (tertiary/aromatic N) is 1. The molecule has 0 radical (unpaired) electrons. The lowest BCUT2D eigenvalue weighted by Gasteiger charge is -2.37. The quantitative estimate of drug-likeness (QED) is 0.848. The molecule has 0 saturated carbocycles. The van der Waals surface area contributed by atoms with E-state index in [0.717, 1.165) is 6.42 Å². The lowest BCUT2D eigenvalue weighted by molar-refractivity contribution is -0.0328. The van der Waals surface area contributed by atoms with Crippen molar-refractivity contribution in [2.75, 3.05) is 26.8 Å². The lowest BCUT2D eigenvalue weighted by atomic mass is 9.89. The molecule has 5 nitrogen and oxygen atoms in total. The number of methoxy groups -OCH3 is 1. The van der Waals surface area contributed by atoms with Crippen LogP contribution in [-0.2, 0) is 19.5 Å². The molecule has 2 aliphatic heterocycles. The van der Waals surface area contributed by atoms with E-state index in [2.05, 4.69) is 0 Å². The maximum Gasteiger partial charge on any atom is 0.243 e. The summed E-state index contributed by atoms with van der Waals surface area (Å²) < 4.78 is 50.7. The molecule has 1 atom stereocenters. The average molecular weight is 329 g/mol. The van der Waals surface area contributed by atoms with Crippen molar-refractivity contribution < 1.29 is 22.3 Å². The Labute approximate surface area is 130 Å². The fourth-order valence-electron chi connectivity index (χ4n) is 3.19. The Morgan fingerprint density at radius 3 is 2.45 bits per heavy atom. The number of halogens is 1. The molecule has 1 aromatic carbocycles. The minimum atomic E-state index is -3.56. The predicted molar refractivity (Wildman–Crippen MR) is 78.5 cm³/mol. The molecule has 2 fully saturated rings. The van der Waals surface area contributed by atoms with Crippen molar-refractivity contribution in [2.45, 2.75) is 35.9 Å². The van der Waals surface area contributed by atoms with E-state index in [9.17, 15) is 12.8 Å². The van der Waals surface area contributed by atoms with Crippen molar-refractivity contribution in [1.82, 2.24) is 4.31 Å². The molecule has 1 aromatic rings. The molecule has 3 rings (SSSR count). The zero-order valence-corrected chi connectivity index (χ0v) is 13.3. The van der Waals surface area contributed by atoms with Gasteiger partial charge in [0.15, 0.2) is 0 Å². The molecular formula is C15H20FNO4S. The van der Waals surface area contributed by atoms with E-state index in [1.165, 1.54) is 28.6 Å². The summed E-state index contributed by atoms with van der Waals surface area (Å²) in [6.07, 6.45) is 2.23. The molecular weight excluding hydrogens is 309 g/mol. The van der Waals surface area contributed by atoms with Gasteiger partial charge >= 0.3 is 0 Å². The normalized spacial score (nSPS) is 25.6. The standard InChI is InChI=1S/C15H20FNO4S/c1-20-13-10-15(21-11-13)6-8-17(9-7-15)22(18,19)14-4-2-12(16)3-5-14/h2-5,13H,6-11H2,1H3/t13-/m1/s1. The highest BCUT2D eigenvalue weighted by Gasteiger charge is 2.44. The molecule has 0 N–H and O–H groups in total. The molecule has 7 heteroatoms. The monoisotopic (exact) mass is 329 g/mol. The number of sulfonamides is 1. The highest BCUT2D eigenvalue weighted by atomic mass is 32.2. The van der Waals surface area contributed by atoms with Crippen LogP contribution < -0.4 is 0 Å². The zero-order valence-electron chi connectivity index (χ0n) is 12.5. The largest absolute Gasteiger partial charge is 0.379 e. The van der Waals surface area contributed by atoms with E-state index in [-0.39, 0.29) is 16.6 Å². The van der Waals surface area contributed by atoms with Crippen molar-refractivity contribution in [1.29, 1.82) is 0 Å². The van der Waals surface area contributed by atoms with Gasteiger partial charge in [-0.1, -0.05) is 0 Å². The van der Waals surface area contributed by atoms with Crippen LogP contribution >= 0.6 is 0 Å². The van der Waals surface area contributed by atoms with E-state index >= 15 is 0 Å². The fraction of sp³-hybridized carbons (Fsp3) is 0.600. The van der Waals surface area contributed by atoms with Gasteiger partial charge in [0, 0.05) is 26.6 Å². The van der Waals surface area contributed by atoms with Crippen LogP contribution in [0.4, 0.5) is 4.39 Å². The summed E-state index contributed by atoms with van der Waals surface area (Å²) in [7, 11) is -1.90. The summed E-state index contributed by atoms with van der Waals surface area (Å²) >= 11 is 0. The molecule has 2 heterocycles. The van der Waals surface area contributed by atoms with Gasteiger partial charge in [0.1, 0.15) is 5.82 Å². The van der Waals surface area contributed by atoms with Gasteiger partial charge in [0.2, 0.25) is 10.0 Å². The van der Waals surface area contributed by atoms with Gasteiger partial charge in [0.05, 0.1) is 23.2 Å². The van der Waals surface area contributed by atoms with E-state index < -0.39 is 15.8 Å². The number of rotatable bonds is 3. The lowest BCUT2D eigenvalue weighted by Crippen LogP contribution is -2.46. The smallest absolute Gasteiger partial charge is 0.243 e. The van der Waals surface area contributed by atoms with Crippen LogP contribution in [0.15, 0.2) is 29.2 Å². The van der Waals surface area contributed by atoms with Crippen LogP contribution in [0.5, 0.6) is 0 Å². The minimum Gasteiger partial charge on any atom is -0.379 e. The third-order valence-electron chi connectivity index (χ3n) is 4.59. The number of benzene rings is 1. The van der Waals surface area contributed by atoms with Crippen molar-refractivity contribution >= 4 is 10.0 Å². The number of ether oxygens (including phenoxy) is 2. The number of hydrogen-bond acceptors (Lipinski definition) is 4. The molecule has 0 aliphatic carbocycles. The van der Waals surface area contributed by atoms with Crippen LogP contribution in [0.2, 0.25) is 0 Å². The first-order chi connectivity index (χ1) is 10.5. The summed E-state index contributed by atoms with van der Waals surface area (Å²) in [4.78, 5) is 0.131. The third kappa shape index (κ3) is 2.90. The average Bonchev–Trinajstić information content (AvgIpc) is 2.91. The summed E-state index contributed by atoms with van der Waals surface area (Å²) in [5.41, 5.74) is -0.254. The maximum absolute atomic E-state index is 13.0. The van der Waals surface area contributed by atoms with Gasteiger partial charge < -0.3 is 9.47 Å². The minimum absolute atomic E-state index is 0.0975. The zero-order chi connectivity index (χ0) is 15.8. The topological polar surface area (TPSA) is 55.8 Å². The molecule has 22 heavy (non-hydrogen) atoms. The van der Waals surface area contributed by atoms with Gasteiger partial charge in [-0.2, -0.15) is 4.31 Å². The van der Waals surface area contributed by atoms with Crippen LogP contribution in [0.3, 0.4) is 0 Å². The maximum atomic E-state index is 13.0. The third-order valence-corrected chi connectivity index (χ3v) is 6.51. The predicted octanol–water partition coefficient (Wildman–Crippen LogP) is 1.78. The van der Waals surface area contributed by atoms with Crippen LogP contribution in [0.25, 0.3) is 0 Å². The second-order valence-electron chi connectivity index (χ2n) is 5.91. The Morgan fingerprint density at radius 2 is 1.91 bits per heavy atom. The molecule has 0 bridgehead atoms. The SMILES string of the molecule is CO[C@H]1COC2(CCN(S(=O)(=O)c3ccc(F)cc3)CC2)C1. The summed E-state index contributed by atoms with van der Waals surface area (Å²) in [5.74, 6) is -0.443. The highest BCUT2D eigenvalue weighted by Crippen LogP contribution is 2.38. The first-order valence-corrected chi connectivity index (χ1v) is 8.82. The van der Waals surface area contributed by atoms with Gasteiger partial charge in [-0.3, -0.25) is 0 Å². The Balaban J connectivity index is 1.69. The van der Waals surface area contributed by atoms with Gasteiger partial charge in [-0.15, -0.1) is 0 Å². The second-order valence-corrected chi connectivity index (χ2v) is 7.85. The van der Waals surface area contributed by atoms with Gasteiger partial charge in [-0.05, 0) is 37.1 Å². The Morgan fingerprint density at radius 1 is 1.27 bits per heavy atom. The molecule has 2 saturated heterocycles. The van der Waals surface area contributed by atoms with E-state index in [4.69, 9.17) is 9.47 Å². The Bertz CT molecular complexity index is 623. The van der Waals surface area contributed by atoms with Crippen LogP contribution in [0.1, 0.15) is 19.3 Å². The molecule has 0 aromatic heterocycles. The van der Waals surface area contributed by atoms with Crippen molar-refractivity contribution in [3.63, 3.8) is 0 Å². The summed E-state index contributed by atoms with van der Waals surface area (Å²) in [6, 6.07) is 4.95. The van der Waals surface area contributed by atoms with Crippen molar-refractivity contribution in [3.05, 3.63) is 30.1 Å². The molecule has 122 valence electrons. The second kappa shape index (κ2) is 5.88.